The highest BCUT2D eigenvalue weighted by Crippen LogP contribution is 2.12. The summed E-state index contributed by atoms with van der Waals surface area (Å²) in [5, 5.41) is 17.9. The molecule has 0 heterocycles. The molecule has 0 amide bonds. The number of rotatable bonds is 5. The molecule has 2 N–H and O–H groups in total. The quantitative estimate of drug-likeness (QED) is 0.487. The van der Waals surface area contributed by atoms with Crippen LogP contribution in [-0.4, -0.2) is 39.5 Å². The Labute approximate surface area is 70.4 Å². The fraction of sp³-hybridized carbons (Fsp3) is 1.00. The van der Waals surface area contributed by atoms with Gasteiger partial charge in [0.15, 0.2) is 0 Å². The average molecular weight is 182 g/mol. The average Bonchev–Trinajstić information content (AvgIpc) is 1.88. The second-order valence-corrected chi connectivity index (χ2v) is 4.20. The molecule has 0 saturated carbocycles. The number of aliphatic hydroxyl groups excluding tert-OH is 2. The van der Waals surface area contributed by atoms with Crippen molar-refractivity contribution < 1.29 is 10.2 Å². The minimum Gasteiger partial charge on any atom is -0.390 e. The van der Waals surface area contributed by atoms with Gasteiger partial charge in [-0.1, -0.05) is 0 Å². The molecule has 0 rings (SSSR count). The van der Waals surface area contributed by atoms with Crippen molar-refractivity contribution in [1.82, 2.24) is 0 Å². The molecule has 2 atom stereocenters. The molecule has 0 aliphatic heterocycles. The van der Waals surface area contributed by atoms with Gasteiger partial charge in [-0.2, -0.15) is 11.8 Å². The van der Waals surface area contributed by atoms with Gasteiger partial charge in [0, 0.05) is 11.5 Å². The lowest BCUT2D eigenvalue weighted by Crippen LogP contribution is -2.19. The second-order valence-electron chi connectivity index (χ2n) is 1.99. The largest absolute Gasteiger partial charge is 0.390 e. The van der Waals surface area contributed by atoms with Gasteiger partial charge in [0.1, 0.15) is 5.44 Å². The van der Waals surface area contributed by atoms with E-state index in [0.717, 1.165) is 11.5 Å². The number of hydrogen-bond donors (Lipinski definition) is 2. The molecule has 0 saturated heterocycles. The van der Waals surface area contributed by atoms with Crippen LogP contribution in [0.2, 0.25) is 0 Å². The van der Waals surface area contributed by atoms with Gasteiger partial charge in [0.25, 0.3) is 0 Å². The summed E-state index contributed by atoms with van der Waals surface area (Å²) in [7, 11) is 0. The molecule has 10 heavy (non-hydrogen) atoms. The highest BCUT2D eigenvalue weighted by Gasteiger charge is 2.09. The van der Waals surface area contributed by atoms with E-state index in [1.54, 1.807) is 18.7 Å². The standard InChI is InChI=1S/C6H14O2S2/c1-5(7)6(8)10-4-3-9-2/h5-8H,3-4H2,1-2H3. The van der Waals surface area contributed by atoms with Crippen molar-refractivity contribution in [1.29, 1.82) is 0 Å². The normalized spacial score (nSPS) is 16.8. The molecule has 2 nitrogen and oxygen atoms in total. The van der Waals surface area contributed by atoms with E-state index in [1.807, 2.05) is 6.26 Å². The molecule has 0 spiro atoms. The molecule has 0 bridgehead atoms. The summed E-state index contributed by atoms with van der Waals surface area (Å²) < 4.78 is 0. The third-order valence-corrected chi connectivity index (χ3v) is 3.03. The van der Waals surface area contributed by atoms with Crippen LogP contribution in [0.15, 0.2) is 0 Å². The Morgan fingerprint density at radius 2 is 1.90 bits per heavy atom. The van der Waals surface area contributed by atoms with Crippen molar-refractivity contribution in [2.45, 2.75) is 18.5 Å². The molecule has 2 unspecified atom stereocenters. The van der Waals surface area contributed by atoms with Gasteiger partial charge in [0.2, 0.25) is 0 Å². The van der Waals surface area contributed by atoms with Crippen molar-refractivity contribution >= 4 is 23.5 Å². The van der Waals surface area contributed by atoms with Crippen molar-refractivity contribution in [3.05, 3.63) is 0 Å². The highest BCUT2D eigenvalue weighted by molar-refractivity contribution is 8.02. The number of hydrogen-bond acceptors (Lipinski definition) is 4. The lowest BCUT2D eigenvalue weighted by molar-refractivity contribution is 0.0874. The summed E-state index contributed by atoms with van der Waals surface area (Å²) in [5.41, 5.74) is -0.618. The maximum atomic E-state index is 9.06. The third kappa shape index (κ3) is 5.41. The van der Waals surface area contributed by atoms with Gasteiger partial charge in [-0.15, -0.1) is 11.8 Å². The van der Waals surface area contributed by atoms with Crippen LogP contribution in [0.3, 0.4) is 0 Å². The Morgan fingerprint density at radius 1 is 1.30 bits per heavy atom. The molecule has 0 aromatic rings. The van der Waals surface area contributed by atoms with Gasteiger partial charge in [0.05, 0.1) is 6.10 Å². The van der Waals surface area contributed by atoms with Crippen molar-refractivity contribution in [2.75, 3.05) is 17.8 Å². The minimum absolute atomic E-state index is 0.618. The molecule has 0 aromatic heterocycles. The van der Waals surface area contributed by atoms with Crippen LogP contribution in [0.25, 0.3) is 0 Å². The van der Waals surface area contributed by atoms with Gasteiger partial charge in [-0.25, -0.2) is 0 Å². The summed E-state index contributed by atoms with van der Waals surface area (Å²) in [6.45, 7) is 1.59. The Bertz CT molecular complexity index is 78.1. The van der Waals surface area contributed by atoms with Crippen molar-refractivity contribution in [3.8, 4) is 0 Å². The zero-order chi connectivity index (χ0) is 7.98. The van der Waals surface area contributed by atoms with Gasteiger partial charge in [-0.05, 0) is 13.2 Å². The van der Waals surface area contributed by atoms with E-state index in [-0.39, 0.29) is 0 Å². The lowest BCUT2D eigenvalue weighted by Gasteiger charge is -2.11. The monoisotopic (exact) mass is 182 g/mol. The fourth-order valence-electron chi connectivity index (χ4n) is 0.391. The topological polar surface area (TPSA) is 40.5 Å². The highest BCUT2D eigenvalue weighted by atomic mass is 32.2. The summed E-state index contributed by atoms with van der Waals surface area (Å²) >= 11 is 3.14. The van der Waals surface area contributed by atoms with Crippen LogP contribution in [0.4, 0.5) is 0 Å². The number of thioether (sulfide) groups is 2. The second kappa shape index (κ2) is 6.34. The summed E-state index contributed by atoms with van der Waals surface area (Å²) in [4.78, 5) is 0. The number of aliphatic hydroxyl groups is 2. The van der Waals surface area contributed by atoms with Gasteiger partial charge in [-0.3, -0.25) is 0 Å². The molecule has 0 radical (unpaired) electrons. The Balaban J connectivity index is 3.13. The zero-order valence-electron chi connectivity index (χ0n) is 6.28. The first-order valence-electron chi connectivity index (χ1n) is 3.15. The van der Waals surface area contributed by atoms with Crippen molar-refractivity contribution in [3.63, 3.8) is 0 Å². The lowest BCUT2D eigenvalue weighted by atomic mass is 10.4. The van der Waals surface area contributed by atoms with Crippen LogP contribution in [0.1, 0.15) is 6.92 Å². The molecule has 0 aliphatic rings. The summed E-state index contributed by atoms with van der Waals surface area (Å²) in [6.07, 6.45) is 1.40. The predicted molar refractivity (Wildman–Crippen MR) is 48.5 cm³/mol. The first-order valence-corrected chi connectivity index (χ1v) is 5.59. The molecule has 0 aliphatic carbocycles. The van der Waals surface area contributed by atoms with E-state index >= 15 is 0 Å². The van der Waals surface area contributed by atoms with Gasteiger partial charge < -0.3 is 10.2 Å². The molecular weight excluding hydrogens is 168 g/mol. The van der Waals surface area contributed by atoms with Gasteiger partial charge >= 0.3 is 0 Å². The van der Waals surface area contributed by atoms with E-state index in [1.165, 1.54) is 11.8 Å². The van der Waals surface area contributed by atoms with E-state index in [0.29, 0.717) is 0 Å². The smallest absolute Gasteiger partial charge is 0.125 e. The molecule has 0 fully saturated rings. The third-order valence-electron chi connectivity index (χ3n) is 0.989. The van der Waals surface area contributed by atoms with E-state index < -0.39 is 11.5 Å². The summed E-state index contributed by atoms with van der Waals surface area (Å²) in [5.74, 6) is 1.92. The minimum atomic E-state index is -0.619. The van der Waals surface area contributed by atoms with Crippen LogP contribution in [0.5, 0.6) is 0 Å². The van der Waals surface area contributed by atoms with Crippen LogP contribution < -0.4 is 0 Å². The van der Waals surface area contributed by atoms with Crippen LogP contribution >= 0.6 is 23.5 Å². The van der Waals surface area contributed by atoms with Crippen molar-refractivity contribution in [2.24, 2.45) is 0 Å². The maximum absolute atomic E-state index is 9.06. The Hall–Kier alpha value is 0.620. The Kier molecular flexibility index (Phi) is 6.73. The maximum Gasteiger partial charge on any atom is 0.125 e. The van der Waals surface area contributed by atoms with E-state index in [2.05, 4.69) is 0 Å². The molecular formula is C6H14O2S2. The first kappa shape index (κ1) is 10.6. The first-order chi connectivity index (χ1) is 4.68. The Morgan fingerprint density at radius 3 is 2.30 bits per heavy atom. The zero-order valence-corrected chi connectivity index (χ0v) is 7.91. The van der Waals surface area contributed by atoms with Crippen LogP contribution in [-0.2, 0) is 0 Å². The van der Waals surface area contributed by atoms with Crippen LogP contribution in [0, 0.1) is 0 Å². The molecule has 0 aromatic carbocycles. The van der Waals surface area contributed by atoms with E-state index in [4.69, 9.17) is 10.2 Å². The SMILES string of the molecule is CSCCSC(O)C(C)O. The van der Waals surface area contributed by atoms with E-state index in [9.17, 15) is 0 Å². The predicted octanol–water partition coefficient (Wildman–Crippen LogP) is 0.782. The molecule has 62 valence electrons. The summed E-state index contributed by atoms with van der Waals surface area (Å²) in [6, 6.07) is 0. The molecule has 4 heteroatoms. The fourth-order valence-corrected chi connectivity index (χ4v) is 1.96.